The van der Waals surface area contributed by atoms with Crippen LogP contribution >= 0.6 is 0 Å². The van der Waals surface area contributed by atoms with Crippen LogP contribution in [0.15, 0.2) is 36.4 Å². The van der Waals surface area contributed by atoms with Gasteiger partial charge in [-0.05, 0) is 59.4 Å². The predicted molar refractivity (Wildman–Crippen MR) is 112 cm³/mol. The van der Waals surface area contributed by atoms with Crippen molar-refractivity contribution >= 4 is 11.9 Å². The van der Waals surface area contributed by atoms with E-state index in [1.54, 1.807) is 26.4 Å². The number of hydrogen-bond acceptors (Lipinski definition) is 8. The molecule has 2 aromatic carbocycles. The van der Waals surface area contributed by atoms with Crippen LogP contribution < -0.4 is 20.9 Å². The Hall–Kier alpha value is -3.10. The molecule has 2 atom stereocenters. The highest BCUT2D eigenvalue weighted by Gasteiger charge is 2.21. The zero-order valence-corrected chi connectivity index (χ0v) is 17.6. The number of hydrogen-bond donors (Lipinski definition) is 2. The fraction of sp³-hybridized carbons (Fsp3) is 0.364. The van der Waals surface area contributed by atoms with Gasteiger partial charge >= 0.3 is 11.9 Å². The minimum atomic E-state index is -0.825. The number of methoxy groups -OCH3 is 4. The molecule has 0 aliphatic carbocycles. The molecule has 0 bridgehead atoms. The van der Waals surface area contributed by atoms with Gasteiger partial charge in [-0.15, -0.1) is 0 Å². The SMILES string of the molecule is COC(=O)C(N)Cc1ccc(OC)cc1-c1cc(OC)ccc1CC(N)C(=O)OC. The molecule has 0 saturated heterocycles. The molecule has 8 nitrogen and oxygen atoms in total. The maximum Gasteiger partial charge on any atom is 0.322 e. The summed E-state index contributed by atoms with van der Waals surface area (Å²) >= 11 is 0. The molecule has 4 N–H and O–H groups in total. The Morgan fingerprint density at radius 1 is 0.733 bits per heavy atom. The van der Waals surface area contributed by atoms with E-state index in [4.69, 9.17) is 30.4 Å². The smallest absolute Gasteiger partial charge is 0.322 e. The van der Waals surface area contributed by atoms with Crippen molar-refractivity contribution in [3.63, 3.8) is 0 Å². The van der Waals surface area contributed by atoms with Crippen LogP contribution in [0.2, 0.25) is 0 Å². The summed E-state index contributed by atoms with van der Waals surface area (Å²) in [4.78, 5) is 23.7. The molecule has 0 radical (unpaired) electrons. The van der Waals surface area contributed by atoms with Crippen LogP contribution in [0.1, 0.15) is 11.1 Å². The largest absolute Gasteiger partial charge is 0.497 e. The van der Waals surface area contributed by atoms with Crippen LogP contribution in [0, 0.1) is 0 Å². The fourth-order valence-corrected chi connectivity index (χ4v) is 3.17. The Bertz CT molecular complexity index is 826. The van der Waals surface area contributed by atoms with Crippen molar-refractivity contribution in [3.05, 3.63) is 47.5 Å². The highest BCUT2D eigenvalue weighted by atomic mass is 16.5. The summed E-state index contributed by atoms with van der Waals surface area (Å²) in [5.41, 5.74) is 15.2. The second kappa shape index (κ2) is 10.6. The first-order valence-electron chi connectivity index (χ1n) is 9.35. The van der Waals surface area contributed by atoms with Crippen LogP contribution in [0.5, 0.6) is 11.5 Å². The molecule has 162 valence electrons. The Labute approximate surface area is 176 Å². The molecule has 0 fully saturated rings. The maximum absolute atomic E-state index is 11.8. The first-order valence-corrected chi connectivity index (χ1v) is 9.35. The first kappa shape index (κ1) is 23.2. The standard InChI is InChI=1S/C22H28N2O6/c1-27-15-7-5-13(9-19(23)21(25)29-3)17(11-15)18-12-16(28-2)8-6-14(18)10-20(24)22(26)30-4/h5-8,11-12,19-20H,9-10,23-24H2,1-4H3. The molecule has 0 aromatic heterocycles. The van der Waals surface area contributed by atoms with Gasteiger partial charge in [0.05, 0.1) is 28.4 Å². The lowest BCUT2D eigenvalue weighted by Gasteiger charge is -2.19. The van der Waals surface area contributed by atoms with E-state index in [2.05, 4.69) is 0 Å². The van der Waals surface area contributed by atoms with E-state index in [1.165, 1.54) is 14.2 Å². The van der Waals surface area contributed by atoms with Crippen molar-refractivity contribution in [3.8, 4) is 22.6 Å². The number of carbonyl (C=O) groups is 2. The lowest BCUT2D eigenvalue weighted by Crippen LogP contribution is -2.34. The Morgan fingerprint density at radius 3 is 1.40 bits per heavy atom. The quantitative estimate of drug-likeness (QED) is 0.589. The molecule has 0 aliphatic heterocycles. The monoisotopic (exact) mass is 416 g/mol. The average molecular weight is 416 g/mol. The van der Waals surface area contributed by atoms with Gasteiger partial charge in [-0.25, -0.2) is 0 Å². The summed E-state index contributed by atoms with van der Waals surface area (Å²) in [5.74, 6) is 0.253. The average Bonchev–Trinajstić information content (AvgIpc) is 2.78. The van der Waals surface area contributed by atoms with Gasteiger partial charge in [0.25, 0.3) is 0 Å². The Balaban J connectivity index is 2.59. The van der Waals surface area contributed by atoms with E-state index < -0.39 is 24.0 Å². The third-order valence-electron chi connectivity index (χ3n) is 4.81. The van der Waals surface area contributed by atoms with E-state index in [-0.39, 0.29) is 12.8 Å². The molecule has 0 spiro atoms. The van der Waals surface area contributed by atoms with Gasteiger partial charge in [0, 0.05) is 0 Å². The summed E-state index contributed by atoms with van der Waals surface area (Å²) < 4.78 is 20.3. The maximum atomic E-state index is 11.8. The van der Waals surface area contributed by atoms with Crippen LogP contribution in [0.4, 0.5) is 0 Å². The summed E-state index contributed by atoms with van der Waals surface area (Å²) in [6.07, 6.45) is 0.511. The first-order chi connectivity index (χ1) is 14.3. The molecule has 8 heteroatoms. The highest BCUT2D eigenvalue weighted by molar-refractivity contribution is 5.80. The molecule has 2 aromatic rings. The lowest BCUT2D eigenvalue weighted by molar-refractivity contribution is -0.142. The van der Waals surface area contributed by atoms with E-state index in [1.807, 2.05) is 24.3 Å². The van der Waals surface area contributed by atoms with Gasteiger partial charge in [-0.3, -0.25) is 9.59 Å². The Kier molecular flexibility index (Phi) is 8.20. The van der Waals surface area contributed by atoms with Gasteiger partial charge in [0.15, 0.2) is 0 Å². The predicted octanol–water partition coefficient (Wildman–Crippen LogP) is 1.46. The van der Waals surface area contributed by atoms with Crippen molar-refractivity contribution in [2.75, 3.05) is 28.4 Å². The van der Waals surface area contributed by atoms with Gasteiger partial charge in [-0.1, -0.05) is 12.1 Å². The number of rotatable bonds is 9. The van der Waals surface area contributed by atoms with Crippen molar-refractivity contribution in [2.45, 2.75) is 24.9 Å². The molecular formula is C22H28N2O6. The summed E-state index contributed by atoms with van der Waals surface area (Å²) in [5, 5.41) is 0. The zero-order chi connectivity index (χ0) is 22.3. The van der Waals surface area contributed by atoms with E-state index >= 15 is 0 Å². The van der Waals surface area contributed by atoms with Crippen molar-refractivity contribution in [1.29, 1.82) is 0 Å². The number of esters is 2. The minimum absolute atomic E-state index is 0.256. The number of benzene rings is 2. The van der Waals surface area contributed by atoms with Crippen molar-refractivity contribution in [1.82, 2.24) is 0 Å². The van der Waals surface area contributed by atoms with Gasteiger partial charge in [0.1, 0.15) is 23.6 Å². The fourth-order valence-electron chi connectivity index (χ4n) is 3.17. The second-order valence-corrected chi connectivity index (χ2v) is 6.71. The van der Waals surface area contributed by atoms with Crippen LogP contribution in [0.3, 0.4) is 0 Å². The zero-order valence-electron chi connectivity index (χ0n) is 17.6. The van der Waals surface area contributed by atoms with E-state index in [9.17, 15) is 9.59 Å². The molecule has 0 heterocycles. The lowest BCUT2D eigenvalue weighted by atomic mass is 9.89. The van der Waals surface area contributed by atoms with Gasteiger partial charge in [0.2, 0.25) is 0 Å². The molecule has 0 amide bonds. The molecule has 30 heavy (non-hydrogen) atoms. The number of ether oxygens (including phenoxy) is 4. The number of nitrogens with two attached hydrogens (primary N) is 2. The number of carbonyl (C=O) groups excluding carboxylic acids is 2. The second-order valence-electron chi connectivity index (χ2n) is 6.71. The molecule has 0 aliphatic rings. The topological polar surface area (TPSA) is 123 Å². The third kappa shape index (κ3) is 5.49. The molecule has 2 unspecified atom stereocenters. The van der Waals surface area contributed by atoms with Crippen molar-refractivity contribution in [2.24, 2.45) is 11.5 Å². The summed E-state index contributed by atoms with van der Waals surface area (Å²) in [7, 11) is 5.73. The molecular weight excluding hydrogens is 388 g/mol. The summed E-state index contributed by atoms with van der Waals surface area (Å²) in [6, 6.07) is 9.33. The minimum Gasteiger partial charge on any atom is -0.497 e. The van der Waals surface area contributed by atoms with Crippen LogP contribution in [0.25, 0.3) is 11.1 Å². The van der Waals surface area contributed by atoms with E-state index in [0.717, 1.165) is 22.3 Å². The van der Waals surface area contributed by atoms with Gasteiger partial charge < -0.3 is 30.4 Å². The van der Waals surface area contributed by atoms with Crippen molar-refractivity contribution < 1.29 is 28.5 Å². The van der Waals surface area contributed by atoms with Crippen LogP contribution in [-0.4, -0.2) is 52.5 Å². The highest BCUT2D eigenvalue weighted by Crippen LogP contribution is 2.34. The van der Waals surface area contributed by atoms with E-state index in [0.29, 0.717) is 11.5 Å². The Morgan fingerprint density at radius 2 is 1.10 bits per heavy atom. The normalized spacial score (nSPS) is 12.6. The van der Waals surface area contributed by atoms with Crippen LogP contribution in [-0.2, 0) is 31.9 Å². The third-order valence-corrected chi connectivity index (χ3v) is 4.81. The van der Waals surface area contributed by atoms with Gasteiger partial charge in [-0.2, -0.15) is 0 Å². The molecule has 0 saturated carbocycles. The summed E-state index contributed by atoms with van der Waals surface area (Å²) in [6.45, 7) is 0. The molecule has 2 rings (SSSR count).